The molecule has 0 aromatic heterocycles. The Balaban J connectivity index is 1.53. The topological polar surface area (TPSA) is 89.0 Å². The van der Waals surface area contributed by atoms with Gasteiger partial charge in [-0.25, -0.2) is 5.43 Å². The maximum absolute atomic E-state index is 12.1. The van der Waals surface area contributed by atoms with Crippen molar-refractivity contribution < 1.29 is 19.1 Å². The zero-order valence-corrected chi connectivity index (χ0v) is 21.7. The molecule has 182 valence electrons. The summed E-state index contributed by atoms with van der Waals surface area (Å²) in [7, 11) is 1.54. The van der Waals surface area contributed by atoms with E-state index >= 15 is 0 Å². The second-order valence-electron chi connectivity index (χ2n) is 7.57. The van der Waals surface area contributed by atoms with E-state index in [-0.39, 0.29) is 31.3 Å². The third-order valence-electron chi connectivity index (χ3n) is 4.98. The van der Waals surface area contributed by atoms with E-state index in [1.54, 1.807) is 18.2 Å². The van der Waals surface area contributed by atoms with Crippen molar-refractivity contribution in [1.82, 2.24) is 5.43 Å². The third-order valence-corrected chi connectivity index (χ3v) is 5.94. The van der Waals surface area contributed by atoms with E-state index in [0.717, 1.165) is 16.8 Å². The van der Waals surface area contributed by atoms with Gasteiger partial charge in [0.15, 0.2) is 11.5 Å². The van der Waals surface area contributed by atoms with Gasteiger partial charge in [-0.1, -0.05) is 48.0 Å². The van der Waals surface area contributed by atoms with Crippen LogP contribution < -0.4 is 20.2 Å². The lowest BCUT2D eigenvalue weighted by Gasteiger charge is -2.14. The Hall–Kier alpha value is -3.36. The van der Waals surface area contributed by atoms with Gasteiger partial charge >= 0.3 is 0 Å². The number of hydrogen-bond donors (Lipinski definition) is 2. The van der Waals surface area contributed by atoms with Crippen molar-refractivity contribution in [2.75, 3.05) is 12.4 Å². The summed E-state index contributed by atoms with van der Waals surface area (Å²) < 4.78 is 12.0. The summed E-state index contributed by atoms with van der Waals surface area (Å²) in [6.07, 6.45) is 1.54. The van der Waals surface area contributed by atoms with Gasteiger partial charge in [-0.2, -0.15) is 5.10 Å². The lowest BCUT2D eigenvalue weighted by atomic mass is 10.2. The second kappa shape index (κ2) is 12.9. The predicted molar refractivity (Wildman–Crippen MR) is 141 cm³/mol. The quantitative estimate of drug-likeness (QED) is 0.241. The molecule has 7 nitrogen and oxygen atoms in total. The van der Waals surface area contributed by atoms with Gasteiger partial charge in [-0.15, -0.1) is 0 Å². The highest BCUT2D eigenvalue weighted by atomic mass is 79.9. The lowest BCUT2D eigenvalue weighted by molar-refractivity contribution is -0.124. The third kappa shape index (κ3) is 7.83. The number of halogens is 2. The van der Waals surface area contributed by atoms with Crippen molar-refractivity contribution in [2.24, 2.45) is 5.10 Å². The lowest BCUT2D eigenvalue weighted by Crippen LogP contribution is -2.20. The summed E-state index contributed by atoms with van der Waals surface area (Å²) in [6.45, 7) is 2.18. The number of anilines is 1. The van der Waals surface area contributed by atoms with Crippen LogP contribution in [-0.2, 0) is 16.2 Å². The zero-order chi connectivity index (χ0) is 25.2. The number of hydrazone groups is 1. The van der Waals surface area contributed by atoms with Gasteiger partial charge in [0.05, 0.1) is 17.8 Å². The summed E-state index contributed by atoms with van der Waals surface area (Å²) in [6, 6.07) is 18.4. The van der Waals surface area contributed by atoms with Crippen molar-refractivity contribution in [1.29, 1.82) is 0 Å². The van der Waals surface area contributed by atoms with Crippen molar-refractivity contribution in [3.05, 3.63) is 86.8 Å². The van der Waals surface area contributed by atoms with Crippen LogP contribution in [0.15, 0.2) is 70.2 Å². The van der Waals surface area contributed by atoms with Gasteiger partial charge in [0.2, 0.25) is 11.8 Å². The van der Waals surface area contributed by atoms with Crippen LogP contribution in [0.4, 0.5) is 5.69 Å². The minimum atomic E-state index is -0.369. The Labute approximate surface area is 217 Å². The van der Waals surface area contributed by atoms with E-state index < -0.39 is 0 Å². The number of carbonyl (C=O) groups excluding carboxylic acids is 2. The number of aryl methyl sites for hydroxylation is 1. The molecule has 2 amide bonds. The van der Waals surface area contributed by atoms with Gasteiger partial charge in [-0.3, -0.25) is 9.59 Å². The fraction of sp³-hybridized carbons (Fsp3) is 0.192. The summed E-state index contributed by atoms with van der Waals surface area (Å²) in [5, 5.41) is 7.40. The first kappa shape index (κ1) is 26.2. The second-order valence-corrected chi connectivity index (χ2v) is 8.83. The Morgan fingerprint density at radius 3 is 2.51 bits per heavy atom. The van der Waals surface area contributed by atoms with E-state index in [0.29, 0.717) is 26.6 Å². The minimum absolute atomic E-state index is 0.0108. The number of nitrogens with one attached hydrogen (secondary N) is 2. The molecule has 0 aliphatic heterocycles. The molecule has 0 unspecified atom stereocenters. The molecule has 35 heavy (non-hydrogen) atoms. The molecule has 2 N–H and O–H groups in total. The molecule has 9 heteroatoms. The molecule has 0 radical (unpaired) electrons. The number of nitrogens with zero attached hydrogens (tertiary/aromatic N) is 1. The van der Waals surface area contributed by atoms with Crippen LogP contribution in [0.1, 0.15) is 29.5 Å². The van der Waals surface area contributed by atoms with Crippen LogP contribution >= 0.6 is 27.5 Å². The normalized spacial score (nSPS) is 10.7. The number of rotatable bonds is 10. The fourth-order valence-corrected chi connectivity index (χ4v) is 3.87. The summed E-state index contributed by atoms with van der Waals surface area (Å²) in [5.41, 5.74) is 5.65. The number of amides is 2. The molecule has 0 aliphatic rings. The van der Waals surface area contributed by atoms with E-state index in [1.165, 1.54) is 13.3 Å². The highest BCUT2D eigenvalue weighted by Gasteiger charge is 2.13. The predicted octanol–water partition coefficient (Wildman–Crippen LogP) is 5.87. The number of carbonyl (C=O) groups is 2. The van der Waals surface area contributed by atoms with Crippen LogP contribution in [0.3, 0.4) is 0 Å². The molecule has 0 heterocycles. The van der Waals surface area contributed by atoms with Gasteiger partial charge in [0.1, 0.15) is 6.61 Å². The summed E-state index contributed by atoms with van der Waals surface area (Å²) in [4.78, 5) is 24.2. The van der Waals surface area contributed by atoms with E-state index in [1.807, 2.05) is 49.4 Å². The highest BCUT2D eigenvalue weighted by molar-refractivity contribution is 9.10. The number of methoxy groups -OCH3 is 1. The largest absolute Gasteiger partial charge is 0.493 e. The molecule has 0 saturated carbocycles. The summed E-state index contributed by atoms with van der Waals surface area (Å²) in [5.74, 6) is 0.409. The van der Waals surface area contributed by atoms with Gasteiger partial charge < -0.3 is 14.8 Å². The molecule has 0 atom stereocenters. The molecule has 0 fully saturated rings. The molecular weight excluding hydrogens is 534 g/mol. The monoisotopic (exact) mass is 557 g/mol. The SMILES string of the molecule is COc1cc(C=NNC(=O)CCC(=O)Nc2ccccc2C)cc(Br)c1OCc1ccccc1Cl. The van der Waals surface area contributed by atoms with E-state index in [2.05, 4.69) is 31.8 Å². The summed E-state index contributed by atoms with van der Waals surface area (Å²) >= 11 is 9.69. The molecule has 0 saturated heterocycles. The molecule has 0 bridgehead atoms. The van der Waals surface area contributed by atoms with Crippen LogP contribution in [0.25, 0.3) is 0 Å². The molecule has 3 rings (SSSR count). The van der Waals surface area contributed by atoms with Gasteiger partial charge in [-0.05, 0) is 58.2 Å². The molecular formula is C26H25BrClN3O4. The molecule has 3 aromatic rings. The molecule has 0 aliphatic carbocycles. The van der Waals surface area contributed by atoms with Crippen molar-refractivity contribution in [3.63, 3.8) is 0 Å². The Kier molecular flexibility index (Phi) is 9.69. The minimum Gasteiger partial charge on any atom is -0.493 e. The number of para-hydroxylation sites is 1. The molecule has 0 spiro atoms. The van der Waals surface area contributed by atoms with Gasteiger partial charge in [0.25, 0.3) is 0 Å². The maximum Gasteiger partial charge on any atom is 0.240 e. The zero-order valence-electron chi connectivity index (χ0n) is 19.3. The Morgan fingerprint density at radius 1 is 1.06 bits per heavy atom. The number of hydrogen-bond acceptors (Lipinski definition) is 5. The average molecular weight is 559 g/mol. The van der Waals surface area contributed by atoms with E-state index in [4.69, 9.17) is 21.1 Å². The van der Waals surface area contributed by atoms with Crippen molar-refractivity contribution in [3.8, 4) is 11.5 Å². The standard InChI is InChI=1S/C26H25BrClN3O4/c1-17-7-3-6-10-22(17)30-24(32)11-12-25(33)31-29-15-18-13-20(27)26(23(14-18)34-2)35-16-19-8-4-5-9-21(19)28/h3-10,13-15H,11-12,16H2,1-2H3,(H,30,32)(H,31,33). The van der Waals surface area contributed by atoms with Crippen molar-refractivity contribution in [2.45, 2.75) is 26.4 Å². The Bertz CT molecular complexity index is 1230. The maximum atomic E-state index is 12.1. The van der Waals surface area contributed by atoms with Crippen LogP contribution in [-0.4, -0.2) is 25.1 Å². The van der Waals surface area contributed by atoms with Crippen LogP contribution in [0.2, 0.25) is 5.02 Å². The molecule has 3 aromatic carbocycles. The van der Waals surface area contributed by atoms with Crippen molar-refractivity contribution >= 4 is 51.2 Å². The van der Waals surface area contributed by atoms with E-state index in [9.17, 15) is 9.59 Å². The smallest absolute Gasteiger partial charge is 0.240 e. The fourth-order valence-electron chi connectivity index (χ4n) is 3.11. The number of ether oxygens (including phenoxy) is 2. The highest BCUT2D eigenvalue weighted by Crippen LogP contribution is 2.37. The Morgan fingerprint density at radius 2 is 1.77 bits per heavy atom. The average Bonchev–Trinajstić information content (AvgIpc) is 2.84. The van der Waals surface area contributed by atoms with Crippen LogP contribution in [0.5, 0.6) is 11.5 Å². The van der Waals surface area contributed by atoms with Crippen LogP contribution in [0, 0.1) is 6.92 Å². The first-order chi connectivity index (χ1) is 16.9. The van der Waals surface area contributed by atoms with Gasteiger partial charge in [0, 0.05) is 29.1 Å². The number of benzene rings is 3. The first-order valence-corrected chi connectivity index (χ1v) is 12.0. The first-order valence-electron chi connectivity index (χ1n) is 10.8.